The molecule has 0 atom stereocenters. The van der Waals surface area contributed by atoms with Crippen molar-refractivity contribution in [3.8, 4) is 0 Å². The van der Waals surface area contributed by atoms with Crippen LogP contribution in [0.15, 0.2) is 23.3 Å². The minimum atomic E-state index is -2.73. The molecule has 1 aliphatic carbocycles. The third-order valence-corrected chi connectivity index (χ3v) is 2.58. The van der Waals surface area contributed by atoms with Gasteiger partial charge in [0.05, 0.1) is 10.4 Å². The standard InChI is InChI=1S/C8H6O6S/c9-7(10)4-1-2-5(8(11)12)6(3-4)15(13)14/h1-2H,3H2,(H,9,10)(H,11,12). The molecule has 15 heavy (non-hydrogen) atoms. The molecule has 0 fully saturated rings. The van der Waals surface area contributed by atoms with E-state index in [4.69, 9.17) is 10.2 Å². The molecular formula is C8H6O6S. The summed E-state index contributed by atoms with van der Waals surface area (Å²) in [6.45, 7) is 0. The first kappa shape index (κ1) is 11.2. The number of carbonyl (C=O) groups is 2. The van der Waals surface area contributed by atoms with Gasteiger partial charge in [-0.25, -0.2) is 9.59 Å². The van der Waals surface area contributed by atoms with Crippen LogP contribution >= 0.6 is 0 Å². The summed E-state index contributed by atoms with van der Waals surface area (Å²) in [5.41, 5.74) is -0.549. The number of carboxylic acids is 2. The Kier molecular flexibility index (Phi) is 3.05. The number of allylic oxidation sites excluding steroid dienone is 2. The van der Waals surface area contributed by atoms with E-state index in [1.54, 1.807) is 0 Å². The van der Waals surface area contributed by atoms with Crippen LogP contribution in [0.1, 0.15) is 6.42 Å². The Labute approximate surface area is 85.7 Å². The molecule has 7 heteroatoms. The Morgan fingerprint density at radius 3 is 2.13 bits per heavy atom. The lowest BCUT2D eigenvalue weighted by Crippen LogP contribution is -2.19. The van der Waals surface area contributed by atoms with Gasteiger partial charge in [-0.05, 0) is 6.08 Å². The van der Waals surface area contributed by atoms with Crippen molar-refractivity contribution < 1.29 is 28.2 Å². The largest absolute Gasteiger partial charge is 0.478 e. The van der Waals surface area contributed by atoms with Crippen LogP contribution in [0.5, 0.6) is 0 Å². The molecule has 0 aromatic carbocycles. The topological polar surface area (TPSA) is 109 Å². The van der Waals surface area contributed by atoms with Crippen LogP contribution in [0.3, 0.4) is 0 Å². The molecule has 6 nitrogen and oxygen atoms in total. The van der Waals surface area contributed by atoms with E-state index in [2.05, 4.69) is 0 Å². The van der Waals surface area contributed by atoms with Crippen molar-refractivity contribution in [3.05, 3.63) is 23.3 Å². The SMILES string of the molecule is O=C(O)C1=CC=C(C(=O)O)C(=S(=O)=O)C1. The Hall–Kier alpha value is -1.89. The van der Waals surface area contributed by atoms with E-state index < -0.39 is 39.1 Å². The predicted molar refractivity (Wildman–Crippen MR) is 50.0 cm³/mol. The van der Waals surface area contributed by atoms with E-state index in [1.165, 1.54) is 0 Å². The summed E-state index contributed by atoms with van der Waals surface area (Å²) in [5, 5.41) is 17.2. The molecule has 0 radical (unpaired) electrons. The summed E-state index contributed by atoms with van der Waals surface area (Å²) in [4.78, 5) is 20.7. The number of hydrogen-bond acceptors (Lipinski definition) is 4. The molecule has 0 saturated carbocycles. The van der Waals surface area contributed by atoms with Gasteiger partial charge >= 0.3 is 11.9 Å². The fourth-order valence-electron chi connectivity index (χ4n) is 1.09. The highest BCUT2D eigenvalue weighted by atomic mass is 32.2. The Bertz CT molecular complexity index is 511. The van der Waals surface area contributed by atoms with Gasteiger partial charge in [0.2, 0.25) is 10.3 Å². The summed E-state index contributed by atoms with van der Waals surface area (Å²) >= 11 is 0. The lowest BCUT2D eigenvalue weighted by Gasteiger charge is -2.08. The second-order valence-corrected chi connectivity index (χ2v) is 3.68. The first-order valence-electron chi connectivity index (χ1n) is 3.76. The van der Waals surface area contributed by atoms with Crippen molar-refractivity contribution in [3.63, 3.8) is 0 Å². The van der Waals surface area contributed by atoms with E-state index in [1.807, 2.05) is 0 Å². The molecule has 0 unspecified atom stereocenters. The zero-order valence-electron chi connectivity index (χ0n) is 7.30. The van der Waals surface area contributed by atoms with Crippen molar-refractivity contribution in [1.82, 2.24) is 0 Å². The monoisotopic (exact) mass is 230 g/mol. The number of rotatable bonds is 2. The molecule has 1 aliphatic rings. The van der Waals surface area contributed by atoms with Gasteiger partial charge in [-0.3, -0.25) is 0 Å². The highest BCUT2D eigenvalue weighted by Crippen LogP contribution is 2.16. The lowest BCUT2D eigenvalue weighted by atomic mass is 9.98. The number of hydrogen-bond donors (Lipinski definition) is 2. The van der Waals surface area contributed by atoms with Gasteiger partial charge in [-0.15, -0.1) is 0 Å². The average molecular weight is 230 g/mol. The van der Waals surface area contributed by atoms with Crippen molar-refractivity contribution in [2.45, 2.75) is 6.42 Å². The van der Waals surface area contributed by atoms with Crippen molar-refractivity contribution in [2.24, 2.45) is 0 Å². The average Bonchev–Trinajstić information content (AvgIpc) is 2.16. The molecule has 2 N–H and O–H groups in total. The molecule has 0 aromatic rings. The van der Waals surface area contributed by atoms with Crippen molar-refractivity contribution in [2.75, 3.05) is 0 Å². The highest BCUT2D eigenvalue weighted by Gasteiger charge is 2.23. The second-order valence-electron chi connectivity index (χ2n) is 2.72. The maximum absolute atomic E-state index is 10.7. The number of carboxylic acid groups (broad SMARTS) is 2. The number of aliphatic carboxylic acids is 2. The molecule has 1 rings (SSSR count). The maximum atomic E-state index is 10.7. The highest BCUT2D eigenvalue weighted by molar-refractivity contribution is 7.73. The van der Waals surface area contributed by atoms with E-state index in [9.17, 15) is 18.0 Å². The van der Waals surface area contributed by atoms with Gasteiger partial charge in [-0.1, -0.05) is 6.08 Å². The summed E-state index contributed by atoms with van der Waals surface area (Å²) in [6, 6.07) is 0. The van der Waals surface area contributed by atoms with Crippen LogP contribution in [0.25, 0.3) is 0 Å². The molecule has 80 valence electrons. The fraction of sp³-hybridized carbons (Fsp3) is 0.125. The first-order valence-corrected chi connectivity index (χ1v) is 4.84. The smallest absolute Gasteiger partial charge is 0.337 e. The van der Waals surface area contributed by atoms with Crippen LogP contribution in [0, 0.1) is 0 Å². The second kappa shape index (κ2) is 4.09. The van der Waals surface area contributed by atoms with Gasteiger partial charge in [0.25, 0.3) is 0 Å². The van der Waals surface area contributed by atoms with Crippen molar-refractivity contribution in [1.29, 1.82) is 0 Å². The summed E-state index contributed by atoms with van der Waals surface area (Å²) in [7, 11) is -2.73. The van der Waals surface area contributed by atoms with Gasteiger partial charge in [-0.2, -0.15) is 8.42 Å². The molecule has 0 amide bonds. The van der Waals surface area contributed by atoms with Gasteiger partial charge in [0, 0.05) is 12.0 Å². The van der Waals surface area contributed by atoms with Gasteiger partial charge < -0.3 is 10.2 Å². The maximum Gasteiger partial charge on any atom is 0.337 e. The Morgan fingerprint density at radius 2 is 1.73 bits per heavy atom. The molecular weight excluding hydrogens is 224 g/mol. The normalized spacial score (nSPS) is 15.3. The van der Waals surface area contributed by atoms with E-state index in [0.29, 0.717) is 0 Å². The minimum absolute atomic E-state index is 0.154. The van der Waals surface area contributed by atoms with Crippen LogP contribution < -0.4 is 0 Å². The minimum Gasteiger partial charge on any atom is -0.478 e. The van der Waals surface area contributed by atoms with Crippen LogP contribution in [0.2, 0.25) is 0 Å². The van der Waals surface area contributed by atoms with Crippen LogP contribution in [-0.2, 0) is 19.9 Å². The predicted octanol–water partition coefficient (Wildman–Crippen LogP) is -0.536. The molecule has 0 bridgehead atoms. The first-order chi connectivity index (χ1) is 6.93. The molecule has 0 aromatic heterocycles. The summed E-state index contributed by atoms with van der Waals surface area (Å²) < 4.78 is 21.4. The Balaban J connectivity index is 3.33. The lowest BCUT2D eigenvalue weighted by molar-refractivity contribution is -0.133. The molecule has 0 aliphatic heterocycles. The molecule has 0 spiro atoms. The third-order valence-electron chi connectivity index (χ3n) is 1.81. The van der Waals surface area contributed by atoms with E-state index in [-0.39, 0.29) is 5.57 Å². The molecule has 0 saturated heterocycles. The fourth-order valence-corrected chi connectivity index (χ4v) is 1.70. The zero-order chi connectivity index (χ0) is 11.6. The van der Waals surface area contributed by atoms with E-state index in [0.717, 1.165) is 12.2 Å². The third kappa shape index (κ3) is 2.32. The zero-order valence-corrected chi connectivity index (χ0v) is 8.11. The quantitative estimate of drug-likeness (QED) is 0.617. The van der Waals surface area contributed by atoms with Crippen molar-refractivity contribution >= 4 is 27.1 Å². The summed E-state index contributed by atoms with van der Waals surface area (Å²) in [5.74, 6) is -2.66. The van der Waals surface area contributed by atoms with Crippen LogP contribution in [-0.4, -0.2) is 35.4 Å². The Morgan fingerprint density at radius 1 is 1.13 bits per heavy atom. The van der Waals surface area contributed by atoms with Gasteiger partial charge in [0.15, 0.2) is 0 Å². The summed E-state index contributed by atoms with van der Waals surface area (Å²) in [6.07, 6.45) is 1.66. The van der Waals surface area contributed by atoms with Crippen LogP contribution in [0.4, 0.5) is 0 Å². The van der Waals surface area contributed by atoms with Gasteiger partial charge in [0.1, 0.15) is 0 Å². The molecule has 0 heterocycles. The van der Waals surface area contributed by atoms with E-state index >= 15 is 0 Å².